The number of nitrogen functional groups attached to an aromatic ring is 1. The predicted octanol–water partition coefficient (Wildman–Crippen LogP) is -1.22. The number of aromatic nitrogens is 4. The number of aliphatic hydroxyl groups excluding tert-OH is 3. The van der Waals surface area contributed by atoms with Crippen molar-refractivity contribution in [1.82, 2.24) is 19.7 Å². The Morgan fingerprint density at radius 2 is 2.10 bits per heavy atom. The van der Waals surface area contributed by atoms with E-state index >= 15 is 0 Å². The molecule has 0 amide bonds. The largest absolute Gasteiger partial charge is 0.394 e. The van der Waals surface area contributed by atoms with Crippen molar-refractivity contribution in [2.45, 2.75) is 24.5 Å². The molecule has 3 heterocycles. The van der Waals surface area contributed by atoms with Crippen LogP contribution in [0.3, 0.4) is 0 Å². The average molecular weight is 346 g/mol. The minimum absolute atomic E-state index is 0.236. The van der Waals surface area contributed by atoms with Gasteiger partial charge in [0, 0.05) is 0 Å². The highest BCUT2D eigenvalue weighted by atomic mass is 79.9. The average Bonchev–Trinajstić information content (AvgIpc) is 2.90. The lowest BCUT2D eigenvalue weighted by molar-refractivity contribution is -0.0567. The van der Waals surface area contributed by atoms with Crippen LogP contribution in [-0.4, -0.2) is 60.0 Å². The van der Waals surface area contributed by atoms with Crippen LogP contribution in [0.1, 0.15) is 6.23 Å². The van der Waals surface area contributed by atoms with Crippen molar-refractivity contribution in [1.29, 1.82) is 0 Å². The van der Waals surface area contributed by atoms with Gasteiger partial charge in [0.2, 0.25) is 0 Å². The van der Waals surface area contributed by atoms with Gasteiger partial charge in [-0.3, -0.25) is 0 Å². The third-order valence-corrected chi connectivity index (χ3v) is 3.79. The first kappa shape index (κ1) is 13.6. The van der Waals surface area contributed by atoms with E-state index in [-0.39, 0.29) is 5.82 Å². The van der Waals surface area contributed by atoms with Crippen molar-refractivity contribution >= 4 is 32.8 Å². The number of nitrogens with two attached hydrogens (primary N) is 1. The fraction of sp³-hybridized carbons (Fsp3) is 0.500. The molecule has 3 rings (SSSR count). The summed E-state index contributed by atoms with van der Waals surface area (Å²) in [5.74, 6) is 0.236. The van der Waals surface area contributed by atoms with E-state index in [4.69, 9.17) is 15.6 Å². The Morgan fingerprint density at radius 1 is 1.35 bits per heavy atom. The molecule has 1 saturated heterocycles. The van der Waals surface area contributed by atoms with Crippen LogP contribution in [0, 0.1) is 0 Å². The van der Waals surface area contributed by atoms with Gasteiger partial charge >= 0.3 is 0 Å². The van der Waals surface area contributed by atoms with E-state index < -0.39 is 31.1 Å². The van der Waals surface area contributed by atoms with Gasteiger partial charge in [-0.1, -0.05) is 0 Å². The van der Waals surface area contributed by atoms with E-state index in [9.17, 15) is 10.2 Å². The Kier molecular flexibility index (Phi) is 3.34. The van der Waals surface area contributed by atoms with Crippen molar-refractivity contribution < 1.29 is 20.1 Å². The van der Waals surface area contributed by atoms with Crippen molar-refractivity contribution in [3.63, 3.8) is 0 Å². The number of anilines is 1. The van der Waals surface area contributed by atoms with Crippen LogP contribution < -0.4 is 5.73 Å². The fourth-order valence-electron chi connectivity index (χ4n) is 2.21. The molecule has 0 unspecified atom stereocenters. The van der Waals surface area contributed by atoms with E-state index in [1.54, 1.807) is 0 Å². The zero-order chi connectivity index (χ0) is 14.4. The lowest BCUT2D eigenvalue weighted by Crippen LogP contribution is -2.33. The molecule has 1 aliphatic rings. The number of hydrogen-bond donors (Lipinski definition) is 4. The highest BCUT2D eigenvalue weighted by Gasteiger charge is 2.44. The molecule has 0 spiro atoms. The number of aliphatic hydroxyl groups is 3. The lowest BCUT2D eigenvalue weighted by atomic mass is 10.1. The minimum atomic E-state index is -1.24. The first-order valence-corrected chi connectivity index (χ1v) is 6.60. The Labute approximate surface area is 121 Å². The number of halogens is 1. The van der Waals surface area contributed by atoms with E-state index in [2.05, 4.69) is 31.0 Å². The van der Waals surface area contributed by atoms with E-state index in [0.717, 1.165) is 0 Å². The summed E-state index contributed by atoms with van der Waals surface area (Å²) in [6.07, 6.45) is -3.03. The predicted molar refractivity (Wildman–Crippen MR) is 70.4 cm³/mol. The van der Waals surface area contributed by atoms with E-state index in [0.29, 0.717) is 15.6 Å². The van der Waals surface area contributed by atoms with E-state index in [1.165, 1.54) is 11.0 Å². The normalized spacial score (nSPS) is 30.2. The summed E-state index contributed by atoms with van der Waals surface area (Å²) >= 11 is 3.24. The van der Waals surface area contributed by atoms with Gasteiger partial charge < -0.3 is 25.8 Å². The van der Waals surface area contributed by atoms with Crippen molar-refractivity contribution in [3.05, 3.63) is 10.9 Å². The van der Waals surface area contributed by atoms with Gasteiger partial charge in [-0.05, 0) is 15.9 Å². The molecular weight excluding hydrogens is 334 g/mol. The minimum Gasteiger partial charge on any atom is -0.394 e. The Balaban J connectivity index is 2.10. The number of rotatable bonds is 2. The van der Waals surface area contributed by atoms with E-state index in [1.807, 2.05) is 0 Å². The number of hydrogen-bond acceptors (Lipinski definition) is 8. The molecule has 108 valence electrons. The second kappa shape index (κ2) is 4.90. The Morgan fingerprint density at radius 3 is 2.75 bits per heavy atom. The summed E-state index contributed by atoms with van der Waals surface area (Å²) in [6.45, 7) is -0.410. The zero-order valence-corrected chi connectivity index (χ0v) is 11.7. The Hall–Kier alpha value is -1.33. The maximum absolute atomic E-state index is 10.0. The molecule has 0 bridgehead atoms. The quantitative estimate of drug-likeness (QED) is 0.531. The van der Waals surface area contributed by atoms with Gasteiger partial charge in [-0.2, -0.15) is 5.10 Å². The summed E-state index contributed by atoms with van der Waals surface area (Å²) in [5, 5.41) is 33.5. The van der Waals surface area contributed by atoms with Gasteiger partial charge in [0.25, 0.3) is 0 Å². The SMILES string of the molecule is Nc1ncnc2c1c(Br)nn2[C@@H]1O[C@@H](CO)[C@@H](O)[C@H]1O. The van der Waals surface area contributed by atoms with Gasteiger partial charge in [-0.15, -0.1) is 0 Å². The van der Waals surface area contributed by atoms with Crippen LogP contribution in [0.5, 0.6) is 0 Å². The second-order valence-corrected chi connectivity index (χ2v) is 5.17. The number of fused-ring (bicyclic) bond motifs is 1. The number of ether oxygens (including phenoxy) is 1. The fourth-order valence-corrected chi connectivity index (χ4v) is 2.76. The third-order valence-electron chi connectivity index (χ3n) is 3.23. The van der Waals surface area contributed by atoms with Crippen molar-refractivity contribution in [3.8, 4) is 0 Å². The molecule has 1 fully saturated rings. The molecule has 20 heavy (non-hydrogen) atoms. The molecule has 0 saturated carbocycles. The Bertz CT molecular complexity index is 650. The highest BCUT2D eigenvalue weighted by molar-refractivity contribution is 9.10. The van der Waals surface area contributed by atoms with Crippen LogP contribution >= 0.6 is 15.9 Å². The summed E-state index contributed by atoms with van der Waals surface area (Å²) in [5.41, 5.74) is 6.12. The molecule has 5 N–H and O–H groups in total. The van der Waals surface area contributed by atoms with Gasteiger partial charge in [0.05, 0.1) is 12.0 Å². The summed E-state index contributed by atoms with van der Waals surface area (Å²) < 4.78 is 7.12. The highest BCUT2D eigenvalue weighted by Crippen LogP contribution is 2.34. The molecule has 9 nitrogen and oxygen atoms in total. The lowest BCUT2D eigenvalue weighted by Gasteiger charge is -2.15. The first-order chi connectivity index (χ1) is 9.54. The summed E-state index contributed by atoms with van der Waals surface area (Å²) in [6, 6.07) is 0. The molecule has 0 aromatic carbocycles. The van der Waals surface area contributed by atoms with Crippen molar-refractivity contribution in [2.75, 3.05) is 12.3 Å². The zero-order valence-electron chi connectivity index (χ0n) is 10.1. The molecule has 0 radical (unpaired) electrons. The maximum atomic E-state index is 10.0. The summed E-state index contributed by atoms with van der Waals surface area (Å²) in [7, 11) is 0. The van der Waals surface area contributed by atoms with Crippen LogP contribution in [0.15, 0.2) is 10.9 Å². The van der Waals surface area contributed by atoms with Gasteiger partial charge in [0.15, 0.2) is 11.9 Å². The topological polar surface area (TPSA) is 140 Å². The maximum Gasteiger partial charge on any atom is 0.181 e. The van der Waals surface area contributed by atoms with Crippen LogP contribution in [-0.2, 0) is 4.74 Å². The monoisotopic (exact) mass is 345 g/mol. The first-order valence-electron chi connectivity index (χ1n) is 5.81. The van der Waals surface area contributed by atoms with Crippen LogP contribution in [0.25, 0.3) is 11.0 Å². The molecule has 2 aromatic rings. The smallest absolute Gasteiger partial charge is 0.181 e. The summed E-state index contributed by atoms with van der Waals surface area (Å²) in [4.78, 5) is 7.93. The molecule has 0 aliphatic carbocycles. The molecule has 2 aromatic heterocycles. The van der Waals surface area contributed by atoms with Crippen molar-refractivity contribution in [2.24, 2.45) is 0 Å². The molecular formula is C10H12BrN5O4. The molecule has 4 atom stereocenters. The molecule has 10 heteroatoms. The second-order valence-electron chi connectivity index (χ2n) is 4.42. The van der Waals surface area contributed by atoms with Crippen LogP contribution in [0.4, 0.5) is 5.82 Å². The number of nitrogens with zero attached hydrogens (tertiary/aromatic N) is 4. The standard InChI is InChI=1S/C10H12BrN5O4/c11-7-4-8(12)13-2-14-9(4)16(15-7)10-6(19)5(18)3(1-17)20-10/h2-3,5-6,10,17-19H,1H2,(H2,12,13,14)/t3-,5+,6+,10+/m0/s1. The van der Waals surface area contributed by atoms with Gasteiger partial charge in [-0.25, -0.2) is 14.6 Å². The van der Waals surface area contributed by atoms with Gasteiger partial charge in [0.1, 0.15) is 35.1 Å². The third kappa shape index (κ3) is 1.88. The van der Waals surface area contributed by atoms with Crippen LogP contribution in [0.2, 0.25) is 0 Å². The molecule has 1 aliphatic heterocycles.